The van der Waals surface area contributed by atoms with Gasteiger partial charge in [-0.25, -0.2) is 0 Å². The third-order valence-electron chi connectivity index (χ3n) is 4.70. The standard InChI is InChI=1S/C14H25N3O2.ClH/c15-9-11-2-1-3-12(11)14(19)17-6-4-10(5-7-17)8-13(16)18;/h10-12H,1-9,15H2,(H2,16,18);1H/t11-,12-;/m1./s1. The number of likely N-dealkylation sites (tertiary alicyclic amines) is 1. The number of piperidine rings is 1. The Bertz CT molecular complexity index is 343. The van der Waals surface area contributed by atoms with Crippen LogP contribution in [0, 0.1) is 17.8 Å². The van der Waals surface area contributed by atoms with E-state index in [1.807, 2.05) is 4.90 Å². The normalized spacial score (nSPS) is 27.1. The van der Waals surface area contributed by atoms with Crippen molar-refractivity contribution in [2.24, 2.45) is 29.2 Å². The molecule has 1 aliphatic heterocycles. The minimum Gasteiger partial charge on any atom is -0.370 e. The maximum atomic E-state index is 12.5. The fourth-order valence-corrected chi connectivity index (χ4v) is 3.52. The highest BCUT2D eigenvalue weighted by Gasteiger charge is 2.35. The molecule has 0 unspecified atom stereocenters. The Morgan fingerprint density at radius 1 is 1.10 bits per heavy atom. The van der Waals surface area contributed by atoms with Gasteiger partial charge >= 0.3 is 0 Å². The van der Waals surface area contributed by atoms with E-state index in [-0.39, 0.29) is 30.1 Å². The monoisotopic (exact) mass is 303 g/mol. The Labute approximate surface area is 126 Å². The van der Waals surface area contributed by atoms with Crippen LogP contribution < -0.4 is 11.5 Å². The summed E-state index contributed by atoms with van der Waals surface area (Å²) < 4.78 is 0. The predicted molar refractivity (Wildman–Crippen MR) is 80.2 cm³/mol. The molecule has 1 saturated heterocycles. The summed E-state index contributed by atoms with van der Waals surface area (Å²) >= 11 is 0. The van der Waals surface area contributed by atoms with E-state index < -0.39 is 0 Å². The van der Waals surface area contributed by atoms with Crippen LogP contribution in [-0.2, 0) is 9.59 Å². The second-order valence-electron chi connectivity index (χ2n) is 5.97. The first-order valence-electron chi connectivity index (χ1n) is 7.39. The number of hydrogen-bond donors (Lipinski definition) is 2. The van der Waals surface area contributed by atoms with Gasteiger partial charge in [-0.15, -0.1) is 12.4 Å². The number of rotatable bonds is 4. The molecule has 0 aromatic rings. The number of nitrogens with two attached hydrogens (primary N) is 2. The first-order chi connectivity index (χ1) is 9.11. The van der Waals surface area contributed by atoms with Crippen molar-refractivity contribution in [3.63, 3.8) is 0 Å². The lowest BCUT2D eigenvalue weighted by atomic mass is 9.90. The zero-order chi connectivity index (χ0) is 13.8. The van der Waals surface area contributed by atoms with Crippen LogP contribution in [0.3, 0.4) is 0 Å². The summed E-state index contributed by atoms with van der Waals surface area (Å²) in [6, 6.07) is 0. The average molecular weight is 304 g/mol. The molecule has 2 atom stereocenters. The van der Waals surface area contributed by atoms with E-state index in [1.165, 1.54) is 0 Å². The predicted octanol–water partition coefficient (Wildman–Crippen LogP) is 0.897. The first kappa shape index (κ1) is 17.2. The van der Waals surface area contributed by atoms with Crippen LogP contribution in [0.15, 0.2) is 0 Å². The summed E-state index contributed by atoms with van der Waals surface area (Å²) in [6.07, 6.45) is 5.45. The molecule has 1 aliphatic carbocycles. The molecular formula is C14H26ClN3O2. The van der Waals surface area contributed by atoms with Crippen molar-refractivity contribution in [2.75, 3.05) is 19.6 Å². The molecule has 20 heavy (non-hydrogen) atoms. The van der Waals surface area contributed by atoms with Gasteiger partial charge in [0.1, 0.15) is 0 Å². The minimum atomic E-state index is -0.233. The number of nitrogens with zero attached hydrogens (tertiary/aromatic N) is 1. The quantitative estimate of drug-likeness (QED) is 0.808. The Morgan fingerprint density at radius 2 is 1.75 bits per heavy atom. The second-order valence-corrected chi connectivity index (χ2v) is 5.97. The molecule has 0 aromatic carbocycles. The number of halogens is 1. The lowest BCUT2D eigenvalue weighted by Gasteiger charge is -2.34. The van der Waals surface area contributed by atoms with Crippen LogP contribution in [0.4, 0.5) is 0 Å². The van der Waals surface area contributed by atoms with Gasteiger partial charge in [0.05, 0.1) is 0 Å². The zero-order valence-corrected chi connectivity index (χ0v) is 12.7. The van der Waals surface area contributed by atoms with Crippen molar-refractivity contribution in [1.82, 2.24) is 4.90 Å². The van der Waals surface area contributed by atoms with Crippen LogP contribution in [0.25, 0.3) is 0 Å². The fourth-order valence-electron chi connectivity index (χ4n) is 3.52. The average Bonchev–Trinajstić information content (AvgIpc) is 2.86. The molecule has 2 rings (SSSR count). The Balaban J connectivity index is 0.00000200. The maximum absolute atomic E-state index is 12.5. The molecule has 0 bridgehead atoms. The number of carbonyl (C=O) groups is 2. The lowest BCUT2D eigenvalue weighted by molar-refractivity contribution is -0.138. The summed E-state index contributed by atoms with van der Waals surface area (Å²) in [6.45, 7) is 2.16. The number of hydrogen-bond acceptors (Lipinski definition) is 3. The third-order valence-corrected chi connectivity index (χ3v) is 4.70. The molecule has 0 aromatic heterocycles. The third kappa shape index (κ3) is 4.09. The molecule has 5 nitrogen and oxygen atoms in total. The fraction of sp³-hybridized carbons (Fsp3) is 0.857. The summed E-state index contributed by atoms with van der Waals surface area (Å²) in [5.41, 5.74) is 11.0. The molecular weight excluding hydrogens is 278 g/mol. The molecule has 0 radical (unpaired) electrons. The molecule has 4 N–H and O–H groups in total. The van der Waals surface area contributed by atoms with Gasteiger partial charge in [0, 0.05) is 25.4 Å². The van der Waals surface area contributed by atoms with Gasteiger partial charge in [-0.3, -0.25) is 9.59 Å². The van der Waals surface area contributed by atoms with Gasteiger partial charge in [-0.2, -0.15) is 0 Å². The number of amides is 2. The molecule has 116 valence electrons. The van der Waals surface area contributed by atoms with Crippen LogP contribution in [0.5, 0.6) is 0 Å². The highest BCUT2D eigenvalue weighted by Crippen LogP contribution is 2.33. The van der Waals surface area contributed by atoms with E-state index in [2.05, 4.69) is 0 Å². The summed E-state index contributed by atoms with van der Waals surface area (Å²) in [5.74, 6) is 0.915. The Hall–Kier alpha value is -0.810. The zero-order valence-electron chi connectivity index (χ0n) is 11.9. The molecule has 2 aliphatic rings. The second kappa shape index (κ2) is 7.84. The number of carbonyl (C=O) groups excluding carboxylic acids is 2. The van der Waals surface area contributed by atoms with Gasteiger partial charge in [0.25, 0.3) is 0 Å². The van der Waals surface area contributed by atoms with E-state index in [0.717, 1.165) is 45.2 Å². The van der Waals surface area contributed by atoms with Crippen molar-refractivity contribution >= 4 is 24.2 Å². The Kier molecular flexibility index (Phi) is 6.76. The molecule has 6 heteroatoms. The Morgan fingerprint density at radius 3 is 2.30 bits per heavy atom. The van der Waals surface area contributed by atoms with Gasteiger partial charge in [-0.1, -0.05) is 6.42 Å². The van der Waals surface area contributed by atoms with E-state index >= 15 is 0 Å². The van der Waals surface area contributed by atoms with Crippen molar-refractivity contribution in [2.45, 2.75) is 38.5 Å². The largest absolute Gasteiger partial charge is 0.370 e. The highest BCUT2D eigenvalue weighted by atomic mass is 35.5. The van der Waals surface area contributed by atoms with Crippen LogP contribution in [0.2, 0.25) is 0 Å². The molecule has 1 saturated carbocycles. The van der Waals surface area contributed by atoms with Crippen LogP contribution in [0.1, 0.15) is 38.5 Å². The summed E-state index contributed by atoms with van der Waals surface area (Å²) in [7, 11) is 0. The molecule has 2 amide bonds. The van der Waals surface area contributed by atoms with Gasteiger partial charge in [0.2, 0.25) is 11.8 Å². The van der Waals surface area contributed by atoms with Crippen LogP contribution >= 0.6 is 12.4 Å². The van der Waals surface area contributed by atoms with Gasteiger partial charge in [0.15, 0.2) is 0 Å². The van der Waals surface area contributed by atoms with Gasteiger partial charge < -0.3 is 16.4 Å². The molecule has 0 spiro atoms. The van der Waals surface area contributed by atoms with Crippen molar-refractivity contribution in [1.29, 1.82) is 0 Å². The van der Waals surface area contributed by atoms with Gasteiger partial charge in [-0.05, 0) is 44.1 Å². The summed E-state index contributed by atoms with van der Waals surface area (Å²) in [4.78, 5) is 25.3. The van der Waals surface area contributed by atoms with E-state index in [0.29, 0.717) is 24.8 Å². The highest BCUT2D eigenvalue weighted by molar-refractivity contribution is 5.85. The number of primary amides is 1. The topological polar surface area (TPSA) is 89.4 Å². The molecule has 2 fully saturated rings. The maximum Gasteiger partial charge on any atom is 0.226 e. The first-order valence-corrected chi connectivity index (χ1v) is 7.39. The molecule has 1 heterocycles. The smallest absolute Gasteiger partial charge is 0.226 e. The summed E-state index contributed by atoms with van der Waals surface area (Å²) in [5, 5.41) is 0. The van der Waals surface area contributed by atoms with Crippen molar-refractivity contribution in [3.05, 3.63) is 0 Å². The van der Waals surface area contributed by atoms with Crippen LogP contribution in [-0.4, -0.2) is 36.3 Å². The SMILES string of the molecule is Cl.NC[C@H]1CCC[C@H]1C(=O)N1CCC(CC(N)=O)CC1. The van der Waals surface area contributed by atoms with Crippen molar-refractivity contribution < 1.29 is 9.59 Å². The minimum absolute atomic E-state index is 0. The van der Waals surface area contributed by atoms with E-state index in [1.54, 1.807) is 0 Å². The lowest BCUT2D eigenvalue weighted by Crippen LogP contribution is -2.43. The van der Waals surface area contributed by atoms with E-state index in [4.69, 9.17) is 11.5 Å². The van der Waals surface area contributed by atoms with E-state index in [9.17, 15) is 9.59 Å². The van der Waals surface area contributed by atoms with Crippen molar-refractivity contribution in [3.8, 4) is 0 Å².